The smallest absolute Gasteiger partial charge is 0.343 e. The number of nitro groups is 1. The number of carbonyl (C=O) groups excluding carboxylic acids is 1. The molecule has 1 fully saturated rings. The summed E-state index contributed by atoms with van der Waals surface area (Å²) in [6, 6.07) is 2.16. The average molecular weight is 334 g/mol. The second-order valence-electron chi connectivity index (χ2n) is 6.24. The molecule has 0 unspecified atom stereocenters. The molecule has 1 aromatic heterocycles. The van der Waals surface area contributed by atoms with Gasteiger partial charge in [0.2, 0.25) is 0 Å². The molecule has 1 saturated heterocycles. The van der Waals surface area contributed by atoms with Gasteiger partial charge in [0, 0.05) is 33.1 Å². The van der Waals surface area contributed by atoms with Gasteiger partial charge < -0.3 is 15.0 Å². The lowest BCUT2D eigenvalue weighted by atomic mass is 10.0. The van der Waals surface area contributed by atoms with Gasteiger partial charge in [-0.3, -0.25) is 9.69 Å². The Labute approximate surface area is 140 Å². The second-order valence-corrected chi connectivity index (χ2v) is 6.24. The molecule has 9 heteroatoms. The van der Waals surface area contributed by atoms with Crippen LogP contribution >= 0.6 is 0 Å². The Morgan fingerprint density at radius 3 is 2.54 bits per heavy atom. The zero-order valence-corrected chi connectivity index (χ0v) is 14.2. The molecule has 1 atom stereocenters. The van der Waals surface area contributed by atoms with Crippen LogP contribution in [0.4, 0.5) is 5.82 Å². The summed E-state index contributed by atoms with van der Waals surface area (Å²) < 4.78 is 1.32. The van der Waals surface area contributed by atoms with Crippen molar-refractivity contribution in [1.82, 2.24) is 19.4 Å². The minimum Gasteiger partial charge on any atom is -0.358 e. The molecule has 24 heavy (non-hydrogen) atoms. The molecular formula is C15H22N6O3. The van der Waals surface area contributed by atoms with Gasteiger partial charge in [0.1, 0.15) is 12.2 Å². The Morgan fingerprint density at radius 1 is 1.42 bits per heavy atom. The number of aryl methyl sites for hydroxylation is 1. The Kier molecular flexibility index (Phi) is 5.51. The largest absolute Gasteiger partial charge is 0.358 e. The predicted molar refractivity (Wildman–Crippen MR) is 86.0 cm³/mol. The van der Waals surface area contributed by atoms with Crippen molar-refractivity contribution >= 4 is 11.7 Å². The summed E-state index contributed by atoms with van der Waals surface area (Å²) in [5.41, 5.74) is 0. The van der Waals surface area contributed by atoms with Crippen LogP contribution in [0, 0.1) is 34.3 Å². The first-order chi connectivity index (χ1) is 11.3. The lowest BCUT2D eigenvalue weighted by molar-refractivity contribution is -0.392. The van der Waals surface area contributed by atoms with Crippen molar-refractivity contribution in [2.45, 2.75) is 33.4 Å². The maximum atomic E-state index is 12.4. The normalized spacial score (nSPS) is 16.9. The first-order valence-corrected chi connectivity index (χ1v) is 7.93. The van der Waals surface area contributed by atoms with Gasteiger partial charge in [-0.15, -0.1) is 0 Å². The van der Waals surface area contributed by atoms with Gasteiger partial charge in [0.15, 0.2) is 12.4 Å². The summed E-state index contributed by atoms with van der Waals surface area (Å²) in [6.07, 6.45) is 1.17. The van der Waals surface area contributed by atoms with Crippen LogP contribution in [0.2, 0.25) is 0 Å². The van der Waals surface area contributed by atoms with Gasteiger partial charge in [-0.1, -0.05) is 13.8 Å². The van der Waals surface area contributed by atoms with Crippen molar-refractivity contribution in [3.05, 3.63) is 22.1 Å². The Hall–Kier alpha value is -2.47. The summed E-state index contributed by atoms with van der Waals surface area (Å²) >= 11 is 0. The molecular weight excluding hydrogens is 312 g/mol. The molecule has 1 aliphatic rings. The molecule has 0 bridgehead atoms. The van der Waals surface area contributed by atoms with Crippen LogP contribution < -0.4 is 0 Å². The van der Waals surface area contributed by atoms with Crippen LogP contribution in [-0.2, 0) is 11.3 Å². The highest BCUT2D eigenvalue weighted by atomic mass is 16.6. The summed E-state index contributed by atoms with van der Waals surface area (Å²) in [5.74, 6) is 0.326. The van der Waals surface area contributed by atoms with E-state index in [2.05, 4.69) is 16.0 Å². The standard InChI is InChI=1S/C15H22N6O3/c1-11(2)13(8-16)18-4-6-19(7-5-18)15(22)10-20-12(3)17-9-14(20)21(23)24/h9,11,13H,4-7,10H2,1-3H3/t13-/m0/s1. The molecule has 1 aromatic rings. The van der Waals surface area contributed by atoms with Crippen LogP contribution in [0.1, 0.15) is 19.7 Å². The number of rotatable bonds is 5. The van der Waals surface area contributed by atoms with Gasteiger partial charge in [0.05, 0.1) is 6.07 Å². The van der Waals surface area contributed by atoms with E-state index in [1.807, 2.05) is 13.8 Å². The third-order valence-corrected chi connectivity index (χ3v) is 4.34. The number of imidazole rings is 1. The van der Waals surface area contributed by atoms with Crippen LogP contribution in [0.25, 0.3) is 0 Å². The zero-order chi connectivity index (χ0) is 17.9. The first-order valence-electron chi connectivity index (χ1n) is 7.93. The topological polar surface area (TPSA) is 108 Å². The fraction of sp³-hybridized carbons (Fsp3) is 0.667. The Bertz CT molecular complexity index is 655. The van der Waals surface area contributed by atoms with E-state index in [0.717, 1.165) is 0 Å². The van der Waals surface area contributed by atoms with E-state index in [4.69, 9.17) is 0 Å². The molecule has 0 radical (unpaired) electrons. The van der Waals surface area contributed by atoms with Crippen LogP contribution in [0.5, 0.6) is 0 Å². The van der Waals surface area contributed by atoms with Crippen molar-refractivity contribution in [1.29, 1.82) is 5.26 Å². The molecule has 0 aliphatic carbocycles. The third-order valence-electron chi connectivity index (χ3n) is 4.34. The highest BCUT2D eigenvalue weighted by Gasteiger charge is 2.29. The van der Waals surface area contributed by atoms with Gasteiger partial charge in [-0.05, 0) is 10.8 Å². The lowest BCUT2D eigenvalue weighted by Crippen LogP contribution is -2.53. The maximum absolute atomic E-state index is 12.4. The lowest BCUT2D eigenvalue weighted by Gasteiger charge is -2.37. The van der Waals surface area contributed by atoms with Crippen molar-refractivity contribution in [3.8, 4) is 6.07 Å². The molecule has 1 aliphatic heterocycles. The number of nitrogens with zero attached hydrogens (tertiary/aromatic N) is 6. The van der Waals surface area contributed by atoms with Crippen molar-refractivity contribution in [3.63, 3.8) is 0 Å². The van der Waals surface area contributed by atoms with Crippen LogP contribution in [0.15, 0.2) is 6.20 Å². The van der Waals surface area contributed by atoms with Crippen molar-refractivity contribution < 1.29 is 9.72 Å². The maximum Gasteiger partial charge on any atom is 0.343 e. The molecule has 1 amide bonds. The first kappa shape index (κ1) is 17.9. The van der Waals surface area contributed by atoms with Crippen molar-refractivity contribution in [2.75, 3.05) is 26.2 Å². The number of hydrogen-bond donors (Lipinski definition) is 0. The quantitative estimate of drug-likeness (QED) is 0.582. The fourth-order valence-corrected chi connectivity index (χ4v) is 2.93. The minimum absolute atomic E-state index is 0.0893. The van der Waals surface area contributed by atoms with E-state index < -0.39 is 4.92 Å². The number of aromatic nitrogens is 2. The minimum atomic E-state index is -0.536. The Morgan fingerprint density at radius 2 is 2.04 bits per heavy atom. The molecule has 0 saturated carbocycles. The molecule has 2 rings (SSSR count). The van der Waals surface area contributed by atoms with Crippen molar-refractivity contribution in [2.24, 2.45) is 5.92 Å². The Balaban J connectivity index is 1.98. The SMILES string of the molecule is Cc1ncc([N+](=O)[O-])n1CC(=O)N1CCN([C@@H](C#N)C(C)C)CC1. The van der Waals surface area contributed by atoms with Gasteiger partial charge >= 0.3 is 5.82 Å². The number of hydrogen-bond acceptors (Lipinski definition) is 6. The van der Waals surface area contributed by atoms with Gasteiger partial charge in [-0.25, -0.2) is 9.55 Å². The molecule has 0 spiro atoms. The monoisotopic (exact) mass is 334 g/mol. The van der Waals surface area contributed by atoms with Crippen LogP contribution in [-0.4, -0.2) is 62.4 Å². The summed E-state index contributed by atoms with van der Waals surface area (Å²) in [5, 5.41) is 20.3. The average Bonchev–Trinajstić information content (AvgIpc) is 2.89. The number of nitriles is 1. The number of piperazine rings is 1. The predicted octanol–water partition coefficient (Wildman–Crippen LogP) is 0.792. The molecule has 9 nitrogen and oxygen atoms in total. The van der Waals surface area contributed by atoms with Gasteiger partial charge in [0.25, 0.3) is 5.91 Å². The molecule has 130 valence electrons. The van der Waals surface area contributed by atoms with E-state index in [1.54, 1.807) is 11.8 Å². The number of amides is 1. The van der Waals surface area contributed by atoms with Crippen LogP contribution in [0.3, 0.4) is 0 Å². The highest BCUT2D eigenvalue weighted by Crippen LogP contribution is 2.16. The highest BCUT2D eigenvalue weighted by molar-refractivity contribution is 5.76. The zero-order valence-electron chi connectivity index (χ0n) is 14.2. The molecule has 2 heterocycles. The fourth-order valence-electron chi connectivity index (χ4n) is 2.93. The summed E-state index contributed by atoms with van der Waals surface area (Å²) in [6.45, 7) is 7.86. The third kappa shape index (κ3) is 3.71. The van der Waals surface area contributed by atoms with E-state index in [9.17, 15) is 20.2 Å². The second kappa shape index (κ2) is 7.40. The number of carbonyl (C=O) groups is 1. The van der Waals surface area contributed by atoms with E-state index >= 15 is 0 Å². The van der Waals surface area contributed by atoms with Gasteiger partial charge in [-0.2, -0.15) is 5.26 Å². The molecule has 0 N–H and O–H groups in total. The van der Waals surface area contributed by atoms with E-state index in [-0.39, 0.29) is 30.2 Å². The molecule has 0 aromatic carbocycles. The van der Waals surface area contributed by atoms with E-state index in [0.29, 0.717) is 32.0 Å². The van der Waals surface area contributed by atoms with E-state index in [1.165, 1.54) is 10.8 Å². The summed E-state index contributed by atoms with van der Waals surface area (Å²) in [7, 11) is 0. The summed E-state index contributed by atoms with van der Waals surface area (Å²) in [4.78, 5) is 30.6.